The molecule has 94 valence electrons. The molecule has 0 aliphatic carbocycles. The van der Waals surface area contributed by atoms with Gasteiger partial charge in [-0.3, -0.25) is 4.79 Å². The molecule has 1 spiro atoms. The summed E-state index contributed by atoms with van der Waals surface area (Å²) in [6, 6.07) is 0. The number of nitrogens with zero attached hydrogens (tertiary/aromatic N) is 1. The van der Waals surface area contributed by atoms with Gasteiger partial charge in [-0.25, -0.2) is 14.5 Å². The van der Waals surface area contributed by atoms with Gasteiger partial charge >= 0.3 is 12.1 Å². The maximum Gasteiger partial charge on any atom is 0.418 e. The molecule has 0 radical (unpaired) electrons. The van der Waals surface area contributed by atoms with Gasteiger partial charge in [-0.2, -0.15) is 0 Å². The number of ether oxygens (including phenoxy) is 2. The number of likely N-dealkylation sites (tertiary alicyclic amines) is 1. The first-order valence-electron chi connectivity index (χ1n) is 5.49. The average Bonchev–Trinajstić information content (AvgIpc) is 2.53. The zero-order chi connectivity index (χ0) is 12.8. The second-order valence-electron chi connectivity index (χ2n) is 5.32. The lowest BCUT2D eigenvalue weighted by molar-refractivity contribution is -0.186. The van der Waals surface area contributed by atoms with Gasteiger partial charge in [0.15, 0.2) is 5.54 Å². The number of amides is 2. The predicted molar refractivity (Wildman–Crippen MR) is 56.0 cm³/mol. The van der Waals surface area contributed by atoms with E-state index in [4.69, 9.17) is 4.74 Å². The largest absolute Gasteiger partial charge is 0.461 e. The first kappa shape index (κ1) is 11.9. The van der Waals surface area contributed by atoms with Gasteiger partial charge in [-0.1, -0.05) is 0 Å². The summed E-state index contributed by atoms with van der Waals surface area (Å²) in [5.41, 5.74) is -1.80. The third-order valence-corrected chi connectivity index (χ3v) is 2.83. The maximum absolute atomic E-state index is 11.9. The van der Waals surface area contributed by atoms with Gasteiger partial charge in [0, 0.05) is 6.42 Å². The fourth-order valence-electron chi connectivity index (χ4n) is 1.99. The van der Waals surface area contributed by atoms with E-state index in [1.54, 1.807) is 20.8 Å². The van der Waals surface area contributed by atoms with Crippen LogP contribution in [0.5, 0.6) is 0 Å². The quantitative estimate of drug-likeness (QED) is 0.587. The summed E-state index contributed by atoms with van der Waals surface area (Å²) < 4.78 is 9.82. The van der Waals surface area contributed by atoms with Crippen molar-refractivity contribution in [1.29, 1.82) is 0 Å². The molecule has 0 aromatic carbocycles. The third kappa shape index (κ3) is 1.77. The number of hydrogen-bond acceptors (Lipinski definition) is 5. The number of esters is 1. The maximum atomic E-state index is 11.9. The van der Waals surface area contributed by atoms with Crippen LogP contribution in [-0.2, 0) is 19.1 Å². The number of carbonyl (C=O) groups excluding carboxylic acids is 3. The van der Waals surface area contributed by atoms with Crippen molar-refractivity contribution in [1.82, 2.24) is 4.90 Å². The molecular formula is C11H15NO5. The zero-order valence-electron chi connectivity index (χ0n) is 10.1. The molecule has 2 aliphatic rings. The van der Waals surface area contributed by atoms with Gasteiger partial charge in [0.05, 0.1) is 0 Å². The second-order valence-corrected chi connectivity index (χ2v) is 5.32. The van der Waals surface area contributed by atoms with Crippen molar-refractivity contribution in [3.8, 4) is 0 Å². The molecule has 0 aromatic rings. The van der Waals surface area contributed by atoms with E-state index in [1.807, 2.05) is 0 Å². The zero-order valence-corrected chi connectivity index (χ0v) is 10.1. The van der Waals surface area contributed by atoms with Crippen LogP contribution in [0.1, 0.15) is 33.6 Å². The molecule has 6 nitrogen and oxygen atoms in total. The summed E-state index contributed by atoms with van der Waals surface area (Å²) in [7, 11) is 0. The normalized spacial score (nSPS) is 28.1. The minimum Gasteiger partial charge on any atom is -0.461 e. The Balaban J connectivity index is 2.20. The fraction of sp³-hybridized carbons (Fsp3) is 0.727. The smallest absolute Gasteiger partial charge is 0.418 e. The van der Waals surface area contributed by atoms with Crippen molar-refractivity contribution < 1.29 is 23.9 Å². The highest BCUT2D eigenvalue weighted by Gasteiger charge is 2.62. The minimum atomic E-state index is -1.10. The van der Waals surface area contributed by atoms with E-state index < -0.39 is 23.2 Å². The van der Waals surface area contributed by atoms with Gasteiger partial charge in [0.1, 0.15) is 12.2 Å². The Kier molecular flexibility index (Phi) is 2.41. The van der Waals surface area contributed by atoms with Crippen molar-refractivity contribution in [2.75, 3.05) is 6.61 Å². The van der Waals surface area contributed by atoms with E-state index in [0.29, 0.717) is 6.42 Å². The van der Waals surface area contributed by atoms with Crippen LogP contribution in [0.25, 0.3) is 0 Å². The summed E-state index contributed by atoms with van der Waals surface area (Å²) in [6.45, 7) is 5.20. The Labute approximate surface area is 98.8 Å². The Hall–Kier alpha value is -1.59. The molecule has 1 atom stereocenters. The lowest BCUT2D eigenvalue weighted by atomic mass is 9.93. The van der Waals surface area contributed by atoms with Crippen molar-refractivity contribution in [2.45, 2.75) is 44.8 Å². The number of hydrogen-bond donors (Lipinski definition) is 0. The number of rotatable bonds is 0. The Morgan fingerprint density at radius 3 is 2.47 bits per heavy atom. The fourth-order valence-corrected chi connectivity index (χ4v) is 1.99. The molecule has 0 bridgehead atoms. The van der Waals surface area contributed by atoms with Gasteiger partial charge in [-0.05, 0) is 27.2 Å². The molecule has 2 fully saturated rings. The summed E-state index contributed by atoms with van der Waals surface area (Å²) in [5.74, 6) is -0.898. The Morgan fingerprint density at radius 2 is 2.06 bits per heavy atom. The van der Waals surface area contributed by atoms with Crippen molar-refractivity contribution in [3.63, 3.8) is 0 Å². The first-order valence-corrected chi connectivity index (χ1v) is 5.49. The van der Waals surface area contributed by atoms with E-state index in [0.717, 1.165) is 4.90 Å². The van der Waals surface area contributed by atoms with Crippen LogP contribution in [0.4, 0.5) is 4.79 Å². The van der Waals surface area contributed by atoms with E-state index in [-0.39, 0.29) is 18.9 Å². The number of imide groups is 1. The SMILES string of the molecule is CC(C)(C)OC(=O)N1C(=O)CC[C@]12COC2=O. The average molecular weight is 241 g/mol. The van der Waals surface area contributed by atoms with Crippen LogP contribution < -0.4 is 0 Å². The molecule has 0 saturated carbocycles. The van der Waals surface area contributed by atoms with Gasteiger partial charge in [0.2, 0.25) is 5.91 Å². The van der Waals surface area contributed by atoms with E-state index in [1.165, 1.54) is 0 Å². The van der Waals surface area contributed by atoms with Gasteiger partial charge in [-0.15, -0.1) is 0 Å². The molecule has 2 heterocycles. The van der Waals surface area contributed by atoms with Gasteiger partial charge in [0.25, 0.3) is 0 Å². The monoisotopic (exact) mass is 241 g/mol. The number of cyclic esters (lactones) is 1. The standard InChI is InChI=1S/C11H15NO5/c1-10(2,3)17-9(15)12-7(13)4-5-11(12)6-16-8(11)14/h4-6H2,1-3H3/t11-/m1/s1. The Bertz CT molecular complexity index is 397. The van der Waals surface area contributed by atoms with Crippen LogP contribution >= 0.6 is 0 Å². The Morgan fingerprint density at radius 1 is 1.41 bits per heavy atom. The molecule has 2 saturated heterocycles. The van der Waals surface area contributed by atoms with Crippen LogP contribution in [0.2, 0.25) is 0 Å². The molecule has 6 heteroatoms. The van der Waals surface area contributed by atoms with E-state index >= 15 is 0 Å². The van der Waals surface area contributed by atoms with E-state index in [9.17, 15) is 14.4 Å². The topological polar surface area (TPSA) is 72.9 Å². The molecule has 2 aliphatic heterocycles. The third-order valence-electron chi connectivity index (χ3n) is 2.83. The van der Waals surface area contributed by atoms with Crippen molar-refractivity contribution >= 4 is 18.0 Å². The summed E-state index contributed by atoms with van der Waals surface area (Å²) in [4.78, 5) is 36.0. The van der Waals surface area contributed by atoms with Crippen LogP contribution in [-0.4, -0.2) is 40.6 Å². The predicted octanol–water partition coefficient (Wildman–Crippen LogP) is 0.839. The first-order chi connectivity index (χ1) is 7.76. The van der Waals surface area contributed by atoms with E-state index in [2.05, 4.69) is 4.74 Å². The molecule has 17 heavy (non-hydrogen) atoms. The molecule has 0 unspecified atom stereocenters. The molecule has 0 aromatic heterocycles. The molecule has 2 rings (SSSR count). The lowest BCUT2D eigenvalue weighted by Gasteiger charge is -2.41. The summed E-state index contributed by atoms with van der Waals surface area (Å²) >= 11 is 0. The summed E-state index contributed by atoms with van der Waals surface area (Å²) in [5, 5.41) is 0. The van der Waals surface area contributed by atoms with Crippen LogP contribution in [0.3, 0.4) is 0 Å². The van der Waals surface area contributed by atoms with Crippen molar-refractivity contribution in [3.05, 3.63) is 0 Å². The highest BCUT2D eigenvalue weighted by molar-refractivity contribution is 6.03. The highest BCUT2D eigenvalue weighted by atomic mass is 16.6. The van der Waals surface area contributed by atoms with Crippen LogP contribution in [0.15, 0.2) is 0 Å². The second kappa shape index (κ2) is 3.45. The van der Waals surface area contributed by atoms with Gasteiger partial charge < -0.3 is 9.47 Å². The summed E-state index contributed by atoms with van der Waals surface area (Å²) in [6.07, 6.45) is -0.269. The minimum absolute atomic E-state index is 0.0802. The molecule has 0 N–H and O–H groups in total. The van der Waals surface area contributed by atoms with Crippen molar-refractivity contribution in [2.24, 2.45) is 0 Å². The lowest BCUT2D eigenvalue weighted by Crippen LogP contribution is -2.65. The number of carbonyl (C=O) groups is 3. The molecule has 2 amide bonds. The molecular weight excluding hydrogens is 226 g/mol. The van der Waals surface area contributed by atoms with Crippen LogP contribution in [0, 0.1) is 0 Å². The highest BCUT2D eigenvalue weighted by Crippen LogP contribution is 2.38.